The van der Waals surface area contributed by atoms with Crippen LogP contribution in [0.15, 0.2) is 0 Å². The number of fused-ring (bicyclic) bond motifs is 2. The molecule has 5 aliphatic rings. The summed E-state index contributed by atoms with van der Waals surface area (Å²) in [6, 6.07) is 0. The molecule has 3 N–H and O–H groups in total. The van der Waals surface area contributed by atoms with Crippen molar-refractivity contribution in [3.63, 3.8) is 0 Å². The lowest BCUT2D eigenvalue weighted by atomic mass is 9.43. The first-order valence-corrected chi connectivity index (χ1v) is 11.9. The molecule has 10 atom stereocenters. The van der Waals surface area contributed by atoms with Crippen LogP contribution in [-0.2, 0) is 9.53 Å². The van der Waals surface area contributed by atoms with Gasteiger partial charge >= 0.3 is 5.97 Å². The second-order valence-electron chi connectivity index (χ2n) is 11.6. The Labute approximate surface area is 174 Å². The van der Waals surface area contributed by atoms with Gasteiger partial charge in [0.1, 0.15) is 11.2 Å². The Bertz CT molecular complexity index is 709. The number of carboxylic acid groups (broad SMARTS) is 1. The van der Waals surface area contributed by atoms with Gasteiger partial charge in [0.25, 0.3) is 0 Å². The average Bonchev–Trinajstić information content (AvgIpc) is 3.23. The number of hydrogen-bond donors (Lipinski definition) is 3. The monoisotopic (exact) mass is 406 g/mol. The molecular weight excluding hydrogens is 368 g/mol. The first-order valence-electron chi connectivity index (χ1n) is 11.9. The summed E-state index contributed by atoms with van der Waals surface area (Å²) in [5.74, 6) is 0.767. The third-order valence-corrected chi connectivity index (χ3v) is 10.8. The molecule has 0 aromatic heterocycles. The van der Waals surface area contributed by atoms with Gasteiger partial charge < -0.3 is 20.1 Å². The molecule has 1 aliphatic heterocycles. The summed E-state index contributed by atoms with van der Waals surface area (Å²) in [6.07, 6.45) is 8.12. The molecule has 0 radical (unpaired) electrons. The van der Waals surface area contributed by atoms with E-state index in [4.69, 9.17) is 9.84 Å². The Hall–Kier alpha value is -0.650. The third-order valence-electron chi connectivity index (χ3n) is 10.8. The molecular formula is C24H38O5. The molecule has 4 aliphatic carbocycles. The predicted octanol–water partition coefficient (Wildman–Crippen LogP) is 3.75. The van der Waals surface area contributed by atoms with Crippen molar-refractivity contribution >= 4 is 5.97 Å². The smallest absolute Gasteiger partial charge is 0.303 e. The Morgan fingerprint density at radius 1 is 1.10 bits per heavy atom. The van der Waals surface area contributed by atoms with E-state index in [-0.39, 0.29) is 40.5 Å². The first-order chi connectivity index (χ1) is 13.6. The van der Waals surface area contributed by atoms with E-state index >= 15 is 0 Å². The van der Waals surface area contributed by atoms with Gasteiger partial charge in [-0.05, 0) is 86.9 Å². The molecule has 0 aromatic carbocycles. The maximum Gasteiger partial charge on any atom is 0.303 e. The quantitative estimate of drug-likeness (QED) is 0.619. The molecule has 4 saturated carbocycles. The van der Waals surface area contributed by atoms with Gasteiger partial charge in [-0.2, -0.15) is 0 Å². The number of aliphatic hydroxyl groups excluding tert-OH is 2. The van der Waals surface area contributed by atoms with Gasteiger partial charge in [-0.3, -0.25) is 4.79 Å². The summed E-state index contributed by atoms with van der Waals surface area (Å²) >= 11 is 0. The summed E-state index contributed by atoms with van der Waals surface area (Å²) in [5.41, 5.74) is -0.459. The van der Waals surface area contributed by atoms with Crippen molar-refractivity contribution in [2.24, 2.45) is 34.5 Å². The van der Waals surface area contributed by atoms with E-state index in [0.29, 0.717) is 24.2 Å². The molecule has 5 heteroatoms. The van der Waals surface area contributed by atoms with Crippen molar-refractivity contribution in [2.45, 2.75) is 108 Å². The van der Waals surface area contributed by atoms with Crippen LogP contribution in [0.1, 0.15) is 85.0 Å². The molecule has 164 valence electrons. The second kappa shape index (κ2) is 6.20. The van der Waals surface area contributed by atoms with Crippen molar-refractivity contribution in [3.8, 4) is 0 Å². The summed E-state index contributed by atoms with van der Waals surface area (Å²) in [4.78, 5) is 11.1. The average molecular weight is 407 g/mol. The summed E-state index contributed by atoms with van der Waals surface area (Å²) < 4.78 is 6.86. The molecule has 0 bridgehead atoms. The van der Waals surface area contributed by atoms with Gasteiger partial charge in [-0.1, -0.05) is 20.8 Å². The molecule has 1 heterocycles. The number of ether oxygens (including phenoxy) is 1. The van der Waals surface area contributed by atoms with Gasteiger partial charge in [-0.25, -0.2) is 0 Å². The number of carboxylic acids is 1. The van der Waals surface area contributed by atoms with E-state index in [0.717, 1.165) is 51.4 Å². The van der Waals surface area contributed by atoms with E-state index in [2.05, 4.69) is 20.8 Å². The molecule has 2 spiro atoms. The standard InChI is InChI=1S/C24H38O5/c1-14(4-5-20(27)28)17-8-11-24-22(17,3)19(26)13-18-21(2)9-7-16(25)12-15(21)6-10-23(18,24)29-24/h14-19,25-26H,4-13H2,1-3H3,(H,27,28)/t14-,15-,16-,17-,18-,19+,21+,22+,23?,24?/m1/s1. The van der Waals surface area contributed by atoms with E-state index in [1.54, 1.807) is 0 Å². The zero-order valence-electron chi connectivity index (χ0n) is 18.2. The van der Waals surface area contributed by atoms with Gasteiger partial charge in [0.15, 0.2) is 0 Å². The molecule has 2 unspecified atom stereocenters. The second-order valence-corrected chi connectivity index (χ2v) is 11.6. The highest BCUT2D eigenvalue weighted by Gasteiger charge is 2.88. The highest BCUT2D eigenvalue weighted by Crippen LogP contribution is 2.81. The van der Waals surface area contributed by atoms with E-state index < -0.39 is 12.1 Å². The maximum absolute atomic E-state index is 11.6. The minimum absolute atomic E-state index is 0.101. The Morgan fingerprint density at radius 3 is 2.59 bits per heavy atom. The summed E-state index contributed by atoms with van der Waals surface area (Å²) in [5, 5.41) is 30.9. The first kappa shape index (κ1) is 20.3. The highest BCUT2D eigenvalue weighted by atomic mass is 16.6. The number of aliphatic hydroxyl groups is 2. The minimum atomic E-state index is -0.733. The normalized spacial score (nSPS) is 56.5. The fourth-order valence-electron chi connectivity index (χ4n) is 9.22. The molecule has 5 rings (SSSR count). The topological polar surface area (TPSA) is 90.3 Å². The van der Waals surface area contributed by atoms with Crippen LogP contribution in [0.5, 0.6) is 0 Å². The molecule has 0 aromatic rings. The fourth-order valence-corrected chi connectivity index (χ4v) is 9.22. The number of rotatable bonds is 4. The Kier molecular flexibility index (Phi) is 4.33. The van der Waals surface area contributed by atoms with Crippen molar-refractivity contribution < 1.29 is 24.9 Å². The molecule has 0 amide bonds. The van der Waals surface area contributed by atoms with Gasteiger partial charge in [0, 0.05) is 11.8 Å². The molecule has 5 fully saturated rings. The highest BCUT2D eigenvalue weighted by molar-refractivity contribution is 5.66. The molecule has 1 saturated heterocycles. The lowest BCUT2D eigenvalue weighted by Gasteiger charge is -2.59. The van der Waals surface area contributed by atoms with Crippen LogP contribution in [0.2, 0.25) is 0 Å². The number of hydrogen-bond acceptors (Lipinski definition) is 4. The predicted molar refractivity (Wildman–Crippen MR) is 108 cm³/mol. The van der Waals surface area contributed by atoms with Crippen LogP contribution in [0.4, 0.5) is 0 Å². The number of carbonyl (C=O) groups is 1. The van der Waals surface area contributed by atoms with Crippen LogP contribution >= 0.6 is 0 Å². The largest absolute Gasteiger partial charge is 0.481 e. The number of aliphatic carboxylic acids is 1. The lowest BCUT2D eigenvalue weighted by Crippen LogP contribution is -2.63. The van der Waals surface area contributed by atoms with Gasteiger partial charge in [0.05, 0.1) is 12.2 Å². The van der Waals surface area contributed by atoms with E-state index in [1.165, 1.54) is 0 Å². The number of epoxide rings is 1. The fraction of sp³-hybridized carbons (Fsp3) is 0.958. The van der Waals surface area contributed by atoms with Crippen molar-refractivity contribution in [1.82, 2.24) is 0 Å². The summed E-state index contributed by atoms with van der Waals surface area (Å²) in [7, 11) is 0. The molecule has 29 heavy (non-hydrogen) atoms. The van der Waals surface area contributed by atoms with E-state index in [1.807, 2.05) is 0 Å². The maximum atomic E-state index is 11.6. The summed E-state index contributed by atoms with van der Waals surface area (Å²) in [6.45, 7) is 6.82. The van der Waals surface area contributed by atoms with Gasteiger partial charge in [-0.15, -0.1) is 0 Å². The minimum Gasteiger partial charge on any atom is -0.481 e. The van der Waals surface area contributed by atoms with E-state index in [9.17, 15) is 15.0 Å². The zero-order valence-corrected chi connectivity index (χ0v) is 18.2. The van der Waals surface area contributed by atoms with Crippen molar-refractivity contribution in [1.29, 1.82) is 0 Å². The van der Waals surface area contributed by atoms with Crippen LogP contribution < -0.4 is 0 Å². The molecule has 5 nitrogen and oxygen atoms in total. The SMILES string of the molecule is C[C@H](CCC(=O)O)[C@H]1CCC23OC24CC[C@@H]2C[C@H](O)CC[C@]2(C)[C@H]4C[C@H](O)[C@]13C. The third kappa shape index (κ3) is 2.36. The lowest BCUT2D eigenvalue weighted by molar-refractivity contribution is -0.139. The van der Waals surface area contributed by atoms with Crippen LogP contribution in [-0.4, -0.2) is 44.7 Å². The van der Waals surface area contributed by atoms with Crippen molar-refractivity contribution in [3.05, 3.63) is 0 Å². The van der Waals surface area contributed by atoms with Crippen LogP contribution in [0.3, 0.4) is 0 Å². The Morgan fingerprint density at radius 2 is 1.86 bits per heavy atom. The van der Waals surface area contributed by atoms with Crippen molar-refractivity contribution in [2.75, 3.05) is 0 Å². The van der Waals surface area contributed by atoms with Gasteiger partial charge in [0.2, 0.25) is 0 Å². The Balaban J connectivity index is 1.46. The zero-order chi connectivity index (χ0) is 20.8. The van der Waals surface area contributed by atoms with Crippen LogP contribution in [0, 0.1) is 34.5 Å². The van der Waals surface area contributed by atoms with Crippen LogP contribution in [0.25, 0.3) is 0 Å².